The summed E-state index contributed by atoms with van der Waals surface area (Å²) in [4.78, 5) is 22.7. The van der Waals surface area contributed by atoms with E-state index in [-0.39, 0.29) is 12.1 Å². The summed E-state index contributed by atoms with van der Waals surface area (Å²) in [5, 5.41) is 15.7. The standard InChI is InChI=1S/C24H22ClN3O5/c1-2-32-23-13-18(9-12-22(23)33-16-17-7-10-20(25)11-8-17)15-26-27-24(29)14-19-5-3-4-6-21(19)28(30)31/h3-13,15H,2,14,16H2,1H3,(H,27,29)/b26-15+. The molecular weight excluding hydrogens is 446 g/mol. The Morgan fingerprint density at radius 3 is 2.58 bits per heavy atom. The maximum atomic E-state index is 12.1. The van der Waals surface area contributed by atoms with E-state index in [1.165, 1.54) is 12.3 Å². The number of benzene rings is 3. The van der Waals surface area contributed by atoms with Crippen molar-refractivity contribution in [1.29, 1.82) is 0 Å². The number of ether oxygens (including phenoxy) is 2. The van der Waals surface area contributed by atoms with E-state index in [2.05, 4.69) is 10.5 Å². The minimum Gasteiger partial charge on any atom is -0.490 e. The highest BCUT2D eigenvalue weighted by molar-refractivity contribution is 6.30. The molecule has 0 unspecified atom stereocenters. The summed E-state index contributed by atoms with van der Waals surface area (Å²) < 4.78 is 11.5. The lowest BCUT2D eigenvalue weighted by Gasteiger charge is -2.12. The van der Waals surface area contributed by atoms with Gasteiger partial charge in [-0.2, -0.15) is 5.10 Å². The number of nitrogens with one attached hydrogen (secondary N) is 1. The molecule has 8 nitrogen and oxygen atoms in total. The second-order valence-corrected chi connectivity index (χ2v) is 7.35. The van der Waals surface area contributed by atoms with Gasteiger partial charge < -0.3 is 9.47 Å². The molecule has 0 aliphatic heterocycles. The molecule has 0 aliphatic carbocycles. The van der Waals surface area contributed by atoms with E-state index in [0.29, 0.717) is 40.9 Å². The van der Waals surface area contributed by atoms with Crippen LogP contribution in [-0.4, -0.2) is 23.7 Å². The maximum Gasteiger partial charge on any atom is 0.273 e. The molecule has 0 saturated carbocycles. The van der Waals surface area contributed by atoms with Crippen LogP contribution < -0.4 is 14.9 Å². The fourth-order valence-corrected chi connectivity index (χ4v) is 3.09. The second kappa shape index (κ2) is 11.6. The maximum absolute atomic E-state index is 12.1. The zero-order valence-electron chi connectivity index (χ0n) is 17.9. The largest absolute Gasteiger partial charge is 0.490 e. The first-order chi connectivity index (χ1) is 16.0. The first kappa shape index (κ1) is 23.7. The zero-order chi connectivity index (χ0) is 23.6. The monoisotopic (exact) mass is 467 g/mol. The first-order valence-corrected chi connectivity index (χ1v) is 10.5. The van der Waals surface area contributed by atoms with Crippen molar-refractivity contribution in [3.8, 4) is 11.5 Å². The number of rotatable bonds is 10. The Labute approximate surface area is 195 Å². The van der Waals surface area contributed by atoms with Crippen LogP contribution in [0.25, 0.3) is 0 Å². The molecule has 0 spiro atoms. The predicted octanol–water partition coefficient (Wildman–Crippen LogP) is 4.92. The van der Waals surface area contributed by atoms with Gasteiger partial charge in [-0.25, -0.2) is 5.43 Å². The topological polar surface area (TPSA) is 103 Å². The fourth-order valence-electron chi connectivity index (χ4n) is 2.96. The van der Waals surface area contributed by atoms with E-state index < -0.39 is 10.8 Å². The highest BCUT2D eigenvalue weighted by Crippen LogP contribution is 2.29. The lowest BCUT2D eigenvalue weighted by atomic mass is 10.1. The number of nitro benzene ring substituents is 1. The van der Waals surface area contributed by atoms with Crippen LogP contribution in [-0.2, 0) is 17.8 Å². The van der Waals surface area contributed by atoms with Crippen LogP contribution in [0.1, 0.15) is 23.6 Å². The van der Waals surface area contributed by atoms with Gasteiger partial charge in [-0.1, -0.05) is 41.9 Å². The minimum atomic E-state index is -0.516. The van der Waals surface area contributed by atoms with E-state index in [1.54, 1.807) is 48.5 Å². The molecule has 0 fully saturated rings. The molecule has 3 aromatic carbocycles. The van der Waals surface area contributed by atoms with Crippen LogP contribution in [0.5, 0.6) is 11.5 Å². The van der Waals surface area contributed by atoms with Crippen molar-refractivity contribution in [2.75, 3.05) is 6.61 Å². The predicted molar refractivity (Wildman–Crippen MR) is 126 cm³/mol. The molecule has 0 aliphatic rings. The number of hydrogen-bond acceptors (Lipinski definition) is 6. The van der Waals surface area contributed by atoms with Gasteiger partial charge in [0.05, 0.1) is 24.2 Å². The molecule has 170 valence electrons. The third-order valence-corrected chi connectivity index (χ3v) is 4.77. The average Bonchev–Trinajstić information content (AvgIpc) is 2.80. The lowest BCUT2D eigenvalue weighted by molar-refractivity contribution is -0.385. The first-order valence-electron chi connectivity index (χ1n) is 10.1. The summed E-state index contributed by atoms with van der Waals surface area (Å²) in [5.74, 6) is 0.652. The third-order valence-electron chi connectivity index (χ3n) is 4.52. The molecule has 9 heteroatoms. The van der Waals surface area contributed by atoms with Gasteiger partial charge >= 0.3 is 0 Å². The summed E-state index contributed by atoms with van der Waals surface area (Å²) in [6.45, 7) is 2.67. The van der Waals surface area contributed by atoms with E-state index in [9.17, 15) is 14.9 Å². The Hall–Kier alpha value is -3.91. The Kier molecular flexibility index (Phi) is 8.37. The Bertz CT molecular complexity index is 1150. The number of hydrogen-bond donors (Lipinski definition) is 1. The molecule has 1 N–H and O–H groups in total. The van der Waals surface area contributed by atoms with Gasteiger partial charge in [0, 0.05) is 16.7 Å². The van der Waals surface area contributed by atoms with Gasteiger partial charge in [-0.3, -0.25) is 14.9 Å². The normalized spacial score (nSPS) is 10.7. The zero-order valence-corrected chi connectivity index (χ0v) is 18.6. The van der Waals surface area contributed by atoms with E-state index >= 15 is 0 Å². The van der Waals surface area contributed by atoms with Crippen LogP contribution in [0, 0.1) is 10.1 Å². The summed E-state index contributed by atoms with van der Waals surface area (Å²) in [5.41, 5.74) is 4.25. The van der Waals surface area contributed by atoms with Crippen molar-refractivity contribution < 1.29 is 19.2 Å². The van der Waals surface area contributed by atoms with Gasteiger partial charge in [0.25, 0.3) is 5.69 Å². The molecule has 0 saturated heterocycles. The number of nitrogens with zero attached hydrogens (tertiary/aromatic N) is 2. The van der Waals surface area contributed by atoms with Gasteiger partial charge in [-0.15, -0.1) is 0 Å². The summed E-state index contributed by atoms with van der Waals surface area (Å²) in [6, 6.07) is 18.7. The highest BCUT2D eigenvalue weighted by atomic mass is 35.5. The van der Waals surface area contributed by atoms with Gasteiger partial charge in [-0.05, 0) is 48.4 Å². The third kappa shape index (κ3) is 7.05. The van der Waals surface area contributed by atoms with Crippen LogP contribution in [0.15, 0.2) is 71.8 Å². The summed E-state index contributed by atoms with van der Waals surface area (Å²) in [6.07, 6.45) is 1.30. The van der Waals surface area contributed by atoms with Crippen LogP contribution in [0.3, 0.4) is 0 Å². The highest BCUT2D eigenvalue weighted by Gasteiger charge is 2.15. The number of hydrazone groups is 1. The Balaban J connectivity index is 1.62. The number of carbonyl (C=O) groups is 1. The van der Waals surface area contributed by atoms with Crippen molar-refractivity contribution >= 4 is 29.4 Å². The SMILES string of the molecule is CCOc1cc(/C=N/NC(=O)Cc2ccccc2[N+](=O)[O-])ccc1OCc1ccc(Cl)cc1. The molecule has 0 bridgehead atoms. The molecule has 3 rings (SSSR count). The van der Waals surface area contributed by atoms with Crippen molar-refractivity contribution in [3.05, 3.63) is 98.6 Å². The summed E-state index contributed by atoms with van der Waals surface area (Å²) >= 11 is 5.91. The smallest absolute Gasteiger partial charge is 0.273 e. The average molecular weight is 468 g/mol. The molecular formula is C24H22ClN3O5. The van der Waals surface area contributed by atoms with E-state index in [0.717, 1.165) is 5.56 Å². The van der Waals surface area contributed by atoms with Crippen LogP contribution in [0.2, 0.25) is 5.02 Å². The van der Waals surface area contributed by atoms with Gasteiger partial charge in [0.2, 0.25) is 5.91 Å². The molecule has 0 aromatic heterocycles. The van der Waals surface area contributed by atoms with Crippen molar-refractivity contribution in [2.45, 2.75) is 20.0 Å². The summed E-state index contributed by atoms with van der Waals surface area (Å²) in [7, 11) is 0. The number of amides is 1. The van der Waals surface area contributed by atoms with Crippen molar-refractivity contribution in [3.63, 3.8) is 0 Å². The van der Waals surface area contributed by atoms with Crippen molar-refractivity contribution in [2.24, 2.45) is 5.10 Å². The minimum absolute atomic E-state index is 0.104. The fraction of sp³-hybridized carbons (Fsp3) is 0.167. The van der Waals surface area contributed by atoms with Gasteiger partial charge in [0.15, 0.2) is 11.5 Å². The Morgan fingerprint density at radius 2 is 1.85 bits per heavy atom. The molecule has 0 radical (unpaired) electrons. The van der Waals surface area contributed by atoms with Gasteiger partial charge in [0.1, 0.15) is 6.61 Å². The molecule has 3 aromatic rings. The number of carbonyl (C=O) groups excluding carboxylic acids is 1. The molecule has 1 amide bonds. The lowest BCUT2D eigenvalue weighted by Crippen LogP contribution is -2.20. The molecule has 0 heterocycles. The number of nitro groups is 1. The Morgan fingerprint density at radius 1 is 1.09 bits per heavy atom. The quantitative estimate of drug-likeness (QED) is 0.259. The van der Waals surface area contributed by atoms with Crippen LogP contribution >= 0.6 is 11.6 Å². The van der Waals surface area contributed by atoms with E-state index in [4.69, 9.17) is 21.1 Å². The molecule has 0 atom stereocenters. The molecule has 33 heavy (non-hydrogen) atoms. The van der Waals surface area contributed by atoms with Crippen LogP contribution in [0.4, 0.5) is 5.69 Å². The number of para-hydroxylation sites is 1. The van der Waals surface area contributed by atoms with E-state index in [1.807, 2.05) is 19.1 Å². The number of halogens is 1. The van der Waals surface area contributed by atoms with Crippen molar-refractivity contribution in [1.82, 2.24) is 5.43 Å². The second-order valence-electron chi connectivity index (χ2n) is 6.91.